The first-order chi connectivity index (χ1) is 9.07. The highest BCUT2D eigenvalue weighted by Gasteiger charge is 2.54. The van der Waals surface area contributed by atoms with Crippen LogP contribution in [0.1, 0.15) is 6.42 Å². The van der Waals surface area contributed by atoms with E-state index in [0.29, 0.717) is 19.1 Å². The largest absolute Gasteiger partial charge is 0.671 e. The molecule has 0 heterocycles. The molecule has 9 heteroatoms. The zero-order valence-corrected chi connectivity index (χ0v) is 14.3. The second kappa shape index (κ2) is 9.61. The Morgan fingerprint density at radius 2 is 1.42 bits per heavy atom. The van der Waals surface area contributed by atoms with E-state index in [9.17, 15) is 0 Å². The van der Waals surface area contributed by atoms with Crippen LogP contribution in [0.15, 0.2) is 12.8 Å². The lowest BCUT2D eigenvalue weighted by molar-refractivity contribution is 0.0140. The molecular weight excluding hydrogens is 288 g/mol. The summed E-state index contributed by atoms with van der Waals surface area (Å²) in [4.78, 5) is 0. The Hall–Kier alpha value is -0.266. The Bertz CT molecular complexity index is 236. The molecule has 0 fully saturated rings. The SMILES string of the molecule is C=COCCC[Si](OC)(OC)O[Si](OC)(OC)OC. The van der Waals surface area contributed by atoms with Gasteiger partial charge in [-0.1, -0.05) is 6.58 Å². The van der Waals surface area contributed by atoms with Gasteiger partial charge < -0.3 is 31.0 Å². The number of hydrogen-bond acceptors (Lipinski definition) is 7. The van der Waals surface area contributed by atoms with Gasteiger partial charge in [0.2, 0.25) is 0 Å². The Morgan fingerprint density at radius 3 is 1.79 bits per heavy atom. The van der Waals surface area contributed by atoms with Gasteiger partial charge in [0.15, 0.2) is 0 Å². The van der Waals surface area contributed by atoms with Crippen molar-refractivity contribution in [2.75, 3.05) is 42.2 Å². The van der Waals surface area contributed by atoms with Gasteiger partial charge in [-0.3, -0.25) is 0 Å². The molecule has 0 N–H and O–H groups in total. The van der Waals surface area contributed by atoms with Crippen LogP contribution < -0.4 is 0 Å². The molecule has 0 radical (unpaired) electrons. The molecule has 0 amide bonds. The van der Waals surface area contributed by atoms with Crippen LogP contribution in [-0.4, -0.2) is 60.0 Å². The third-order valence-corrected chi connectivity index (χ3v) is 8.47. The van der Waals surface area contributed by atoms with Gasteiger partial charge in [-0.25, -0.2) is 0 Å². The molecule has 0 unspecified atom stereocenters. The number of ether oxygens (including phenoxy) is 1. The molecule has 0 aromatic heterocycles. The molecule has 0 aromatic rings. The minimum atomic E-state index is -3.21. The fourth-order valence-corrected chi connectivity index (χ4v) is 6.69. The summed E-state index contributed by atoms with van der Waals surface area (Å²) in [5, 5.41) is 0. The molecule has 7 nitrogen and oxygen atoms in total. The molecule has 0 aliphatic rings. The third-order valence-electron chi connectivity index (χ3n) is 2.52. The summed E-state index contributed by atoms with van der Waals surface area (Å²) in [5.74, 6) is 0. The van der Waals surface area contributed by atoms with Crippen molar-refractivity contribution in [1.29, 1.82) is 0 Å². The lowest BCUT2D eigenvalue weighted by Gasteiger charge is -2.33. The molecule has 19 heavy (non-hydrogen) atoms. The van der Waals surface area contributed by atoms with Crippen molar-refractivity contribution in [3.05, 3.63) is 12.8 Å². The molecule has 0 saturated heterocycles. The molecule has 0 rings (SSSR count). The first-order valence-corrected chi connectivity index (χ1v) is 9.32. The van der Waals surface area contributed by atoms with Crippen molar-refractivity contribution in [1.82, 2.24) is 0 Å². The Balaban J connectivity index is 4.71. The van der Waals surface area contributed by atoms with Gasteiger partial charge in [0.25, 0.3) is 0 Å². The van der Waals surface area contributed by atoms with Gasteiger partial charge in [-0.05, 0) is 6.42 Å². The minimum absolute atomic E-state index is 0.510. The predicted octanol–water partition coefficient (Wildman–Crippen LogP) is 1.16. The molecule has 0 aliphatic heterocycles. The second-order valence-corrected chi connectivity index (χ2v) is 9.17. The lowest BCUT2D eigenvalue weighted by Crippen LogP contribution is -2.58. The smallest absolute Gasteiger partial charge is 0.502 e. The summed E-state index contributed by atoms with van der Waals surface area (Å²) in [5.41, 5.74) is 0. The molecular formula is C10H24O7Si2. The molecule has 0 bridgehead atoms. The maximum absolute atomic E-state index is 5.84. The number of hydrogen-bond donors (Lipinski definition) is 0. The normalized spacial score (nSPS) is 12.5. The molecule has 0 atom stereocenters. The lowest BCUT2D eigenvalue weighted by atomic mass is 10.5. The zero-order chi connectivity index (χ0) is 14.8. The van der Waals surface area contributed by atoms with Crippen molar-refractivity contribution in [2.24, 2.45) is 0 Å². The van der Waals surface area contributed by atoms with E-state index in [1.54, 1.807) is 0 Å². The van der Waals surface area contributed by atoms with Gasteiger partial charge >= 0.3 is 17.9 Å². The van der Waals surface area contributed by atoms with Crippen molar-refractivity contribution in [3.63, 3.8) is 0 Å². The molecule has 0 spiro atoms. The maximum atomic E-state index is 5.84. The van der Waals surface area contributed by atoms with Crippen molar-refractivity contribution < 1.29 is 31.0 Å². The topological polar surface area (TPSA) is 64.6 Å². The summed E-state index contributed by atoms with van der Waals surface area (Å²) in [7, 11) is 1.32. The monoisotopic (exact) mass is 312 g/mol. The van der Waals surface area contributed by atoms with Gasteiger partial charge in [0.1, 0.15) is 0 Å². The van der Waals surface area contributed by atoms with Crippen LogP contribution in [0.4, 0.5) is 0 Å². The average molecular weight is 312 g/mol. The fourth-order valence-electron chi connectivity index (χ4n) is 1.44. The molecule has 0 aromatic carbocycles. The Morgan fingerprint density at radius 1 is 0.895 bits per heavy atom. The summed E-state index contributed by atoms with van der Waals surface area (Å²) in [6.07, 6.45) is 2.09. The van der Waals surface area contributed by atoms with Crippen LogP contribution in [0.5, 0.6) is 0 Å². The Kier molecular flexibility index (Phi) is 9.47. The molecule has 0 aliphatic carbocycles. The van der Waals surface area contributed by atoms with Crippen molar-refractivity contribution in [3.8, 4) is 0 Å². The first-order valence-electron chi connectivity index (χ1n) is 5.76. The summed E-state index contributed by atoms with van der Waals surface area (Å²) >= 11 is 0. The van der Waals surface area contributed by atoms with E-state index in [2.05, 4.69) is 6.58 Å². The van der Waals surface area contributed by atoms with Crippen LogP contribution in [0.2, 0.25) is 6.04 Å². The first kappa shape index (κ1) is 18.7. The van der Waals surface area contributed by atoms with E-state index >= 15 is 0 Å². The van der Waals surface area contributed by atoms with Crippen LogP contribution in [0, 0.1) is 0 Å². The van der Waals surface area contributed by atoms with E-state index in [4.69, 9.17) is 31.0 Å². The number of rotatable bonds is 12. The van der Waals surface area contributed by atoms with E-state index in [1.165, 1.54) is 41.8 Å². The zero-order valence-electron chi connectivity index (χ0n) is 12.3. The van der Waals surface area contributed by atoms with Crippen LogP contribution in [-0.2, 0) is 31.0 Å². The van der Waals surface area contributed by atoms with E-state index < -0.39 is 17.9 Å². The van der Waals surface area contributed by atoms with Crippen LogP contribution >= 0.6 is 0 Å². The summed E-state index contributed by atoms with van der Waals surface area (Å²) in [6, 6.07) is 0.554. The summed E-state index contributed by atoms with van der Waals surface area (Å²) in [6.45, 7) is 3.99. The van der Waals surface area contributed by atoms with Crippen LogP contribution in [0.25, 0.3) is 0 Å². The van der Waals surface area contributed by atoms with Crippen LogP contribution in [0.3, 0.4) is 0 Å². The standard InChI is InChI=1S/C10H24O7Si2/c1-7-16-9-8-10-18(11-2,12-3)17-19(13-4,14-5)15-6/h7H,1,8-10H2,2-6H3. The Labute approximate surface area is 117 Å². The van der Waals surface area contributed by atoms with Gasteiger partial charge in [0, 0.05) is 41.6 Å². The van der Waals surface area contributed by atoms with E-state index in [-0.39, 0.29) is 0 Å². The van der Waals surface area contributed by atoms with Gasteiger partial charge in [0.05, 0.1) is 12.9 Å². The van der Waals surface area contributed by atoms with E-state index in [1.807, 2.05) is 0 Å². The van der Waals surface area contributed by atoms with Gasteiger partial charge in [-0.15, -0.1) is 0 Å². The fraction of sp³-hybridized carbons (Fsp3) is 0.800. The van der Waals surface area contributed by atoms with Crippen molar-refractivity contribution in [2.45, 2.75) is 12.5 Å². The van der Waals surface area contributed by atoms with Gasteiger partial charge in [-0.2, -0.15) is 0 Å². The predicted molar refractivity (Wildman–Crippen MR) is 73.2 cm³/mol. The minimum Gasteiger partial charge on any atom is -0.502 e. The highest BCUT2D eigenvalue weighted by molar-refractivity contribution is 6.72. The summed E-state index contributed by atoms with van der Waals surface area (Å²) < 4.78 is 37.4. The maximum Gasteiger partial charge on any atom is 0.671 e. The quantitative estimate of drug-likeness (QED) is 0.304. The molecule has 114 valence electrons. The highest BCUT2D eigenvalue weighted by atomic mass is 28.5. The highest BCUT2D eigenvalue weighted by Crippen LogP contribution is 2.23. The van der Waals surface area contributed by atoms with Crippen molar-refractivity contribution >= 4 is 17.9 Å². The van der Waals surface area contributed by atoms with E-state index in [0.717, 1.165) is 0 Å². The third kappa shape index (κ3) is 5.71. The average Bonchev–Trinajstić information content (AvgIpc) is 2.48. The molecule has 0 saturated carbocycles. The second-order valence-electron chi connectivity index (χ2n) is 3.45.